The Morgan fingerprint density at radius 2 is 1.85 bits per heavy atom. The number of benzene rings is 1. The third kappa shape index (κ3) is 5.91. The second-order valence-electron chi connectivity index (χ2n) is 7.94. The van der Waals surface area contributed by atoms with Crippen molar-refractivity contribution in [1.82, 2.24) is 14.9 Å². The summed E-state index contributed by atoms with van der Waals surface area (Å²) >= 11 is 0. The zero-order valence-corrected chi connectivity index (χ0v) is 16.6. The monoisotopic (exact) mass is 370 g/mol. The highest BCUT2D eigenvalue weighted by Gasteiger charge is 2.15. The van der Waals surface area contributed by atoms with Gasteiger partial charge in [0.05, 0.1) is 11.0 Å². The van der Waals surface area contributed by atoms with Gasteiger partial charge in [0.15, 0.2) is 11.3 Å². The summed E-state index contributed by atoms with van der Waals surface area (Å²) in [6, 6.07) is 7.52. The lowest BCUT2D eigenvalue weighted by atomic mass is 9.92. The van der Waals surface area contributed by atoms with Gasteiger partial charge >= 0.3 is 0 Å². The van der Waals surface area contributed by atoms with Crippen molar-refractivity contribution in [3.8, 4) is 0 Å². The fourth-order valence-electron chi connectivity index (χ4n) is 2.85. The molecule has 4 N–H and O–H groups in total. The van der Waals surface area contributed by atoms with Gasteiger partial charge in [-0.05, 0) is 37.3 Å². The average Bonchev–Trinajstić information content (AvgIpc) is 2.56. The number of fused-ring (bicyclic) bond motifs is 1. The molecule has 27 heavy (non-hydrogen) atoms. The smallest absolute Gasteiger partial charge is 0.220 e. The fourth-order valence-corrected chi connectivity index (χ4v) is 2.85. The number of aromatic nitrogens is 2. The van der Waals surface area contributed by atoms with Crippen molar-refractivity contribution in [2.45, 2.75) is 47.0 Å². The van der Waals surface area contributed by atoms with Crippen LogP contribution in [0, 0.1) is 16.2 Å². The molecular formula is C20H30N6O. The standard InChI is InChI=1S/C20H30N6O/c1-14(21)26-16-10-6-5-9-15(16)25-19(18(26)22)24-12-8-7-11-23-17(27)13-20(2,3)4/h5-6,9-10,21-22H,7-8,11-13H2,1-4H3,(H,23,27)(H,24,25). The minimum Gasteiger partial charge on any atom is -0.367 e. The van der Waals surface area contributed by atoms with E-state index in [1.54, 1.807) is 11.5 Å². The predicted octanol–water partition coefficient (Wildman–Crippen LogP) is 3.11. The molecule has 0 saturated heterocycles. The molecule has 0 bridgehead atoms. The van der Waals surface area contributed by atoms with Crippen molar-refractivity contribution in [1.29, 1.82) is 10.8 Å². The lowest BCUT2D eigenvalue weighted by Gasteiger charge is -2.17. The van der Waals surface area contributed by atoms with Crippen LogP contribution in [0.15, 0.2) is 24.3 Å². The maximum atomic E-state index is 11.8. The van der Waals surface area contributed by atoms with Crippen LogP contribution in [0.5, 0.6) is 0 Å². The van der Waals surface area contributed by atoms with E-state index < -0.39 is 0 Å². The molecule has 0 saturated carbocycles. The Morgan fingerprint density at radius 1 is 1.19 bits per heavy atom. The van der Waals surface area contributed by atoms with E-state index in [4.69, 9.17) is 10.8 Å². The van der Waals surface area contributed by atoms with Gasteiger partial charge in [-0.25, -0.2) is 4.98 Å². The van der Waals surface area contributed by atoms with Crippen LogP contribution in [0.25, 0.3) is 11.0 Å². The number of anilines is 1. The van der Waals surface area contributed by atoms with E-state index in [-0.39, 0.29) is 22.6 Å². The van der Waals surface area contributed by atoms with Crippen molar-refractivity contribution in [3.05, 3.63) is 29.8 Å². The third-order valence-corrected chi connectivity index (χ3v) is 4.05. The normalized spacial score (nSPS) is 11.4. The zero-order chi connectivity index (χ0) is 20.0. The number of nitrogens with one attached hydrogen (secondary N) is 4. The van der Waals surface area contributed by atoms with Crippen LogP contribution in [-0.4, -0.2) is 34.4 Å². The Balaban J connectivity index is 1.91. The highest BCUT2D eigenvalue weighted by Crippen LogP contribution is 2.17. The summed E-state index contributed by atoms with van der Waals surface area (Å²) in [6.45, 7) is 9.11. The van der Waals surface area contributed by atoms with E-state index in [1.165, 1.54) is 0 Å². The summed E-state index contributed by atoms with van der Waals surface area (Å²) in [5.74, 6) is 0.836. The average molecular weight is 371 g/mol. The predicted molar refractivity (Wildman–Crippen MR) is 109 cm³/mol. The molecule has 0 aliphatic carbocycles. The van der Waals surface area contributed by atoms with Gasteiger partial charge in [-0.1, -0.05) is 32.9 Å². The van der Waals surface area contributed by atoms with Gasteiger partial charge in [0, 0.05) is 19.5 Å². The maximum absolute atomic E-state index is 11.8. The van der Waals surface area contributed by atoms with Gasteiger partial charge in [0.25, 0.3) is 0 Å². The SMILES string of the molecule is CC(=N)n1c(=N)c(NCCCCNC(=O)CC(C)(C)C)nc2ccccc21. The second kappa shape index (κ2) is 8.79. The first-order chi connectivity index (χ1) is 12.7. The van der Waals surface area contributed by atoms with Gasteiger partial charge < -0.3 is 10.6 Å². The zero-order valence-electron chi connectivity index (χ0n) is 16.6. The maximum Gasteiger partial charge on any atom is 0.220 e. The van der Waals surface area contributed by atoms with Gasteiger partial charge in [-0.15, -0.1) is 0 Å². The van der Waals surface area contributed by atoms with Gasteiger partial charge in [-0.3, -0.25) is 20.2 Å². The molecule has 0 radical (unpaired) electrons. The summed E-state index contributed by atoms with van der Waals surface area (Å²) in [7, 11) is 0. The Kier molecular flexibility index (Phi) is 6.71. The van der Waals surface area contributed by atoms with Crippen molar-refractivity contribution < 1.29 is 4.79 Å². The Bertz CT molecular complexity index is 878. The minimum absolute atomic E-state index is 0.000288. The molecule has 1 amide bonds. The van der Waals surface area contributed by atoms with Gasteiger partial charge in [0.1, 0.15) is 5.84 Å². The van der Waals surface area contributed by atoms with Gasteiger partial charge in [0.2, 0.25) is 5.91 Å². The van der Waals surface area contributed by atoms with Crippen LogP contribution in [0.1, 0.15) is 47.0 Å². The molecule has 2 rings (SSSR count). The van der Waals surface area contributed by atoms with E-state index in [1.807, 2.05) is 45.0 Å². The molecular weight excluding hydrogens is 340 g/mol. The first-order valence-electron chi connectivity index (χ1n) is 9.31. The lowest BCUT2D eigenvalue weighted by Crippen LogP contribution is -2.30. The van der Waals surface area contributed by atoms with E-state index in [2.05, 4.69) is 15.6 Å². The number of unbranched alkanes of at least 4 members (excludes halogenated alkanes) is 1. The highest BCUT2D eigenvalue weighted by molar-refractivity contribution is 5.90. The number of nitrogens with zero attached hydrogens (tertiary/aromatic N) is 2. The molecule has 0 atom stereocenters. The molecule has 0 fully saturated rings. The number of para-hydroxylation sites is 2. The van der Waals surface area contributed by atoms with E-state index in [9.17, 15) is 4.79 Å². The number of carbonyl (C=O) groups excluding carboxylic acids is 1. The van der Waals surface area contributed by atoms with Crippen LogP contribution in [0.3, 0.4) is 0 Å². The largest absolute Gasteiger partial charge is 0.367 e. The summed E-state index contributed by atoms with van der Waals surface area (Å²) in [5, 5.41) is 22.5. The van der Waals surface area contributed by atoms with Crippen LogP contribution in [0.2, 0.25) is 0 Å². The van der Waals surface area contributed by atoms with Crippen LogP contribution < -0.4 is 16.1 Å². The van der Waals surface area contributed by atoms with Crippen molar-refractivity contribution in [2.75, 3.05) is 18.4 Å². The van der Waals surface area contributed by atoms with Crippen molar-refractivity contribution in [2.24, 2.45) is 5.41 Å². The highest BCUT2D eigenvalue weighted by atomic mass is 16.1. The number of hydrogen-bond donors (Lipinski definition) is 4. The van der Waals surface area contributed by atoms with Crippen LogP contribution in [-0.2, 0) is 4.79 Å². The lowest BCUT2D eigenvalue weighted by molar-refractivity contribution is -0.122. The summed E-state index contributed by atoms with van der Waals surface area (Å²) in [6.07, 6.45) is 2.23. The first-order valence-corrected chi connectivity index (χ1v) is 9.31. The molecule has 2 aromatic rings. The molecule has 0 aliphatic rings. The van der Waals surface area contributed by atoms with Crippen molar-refractivity contribution in [3.63, 3.8) is 0 Å². The molecule has 1 aromatic heterocycles. The van der Waals surface area contributed by atoms with E-state index in [0.717, 1.165) is 23.9 Å². The molecule has 1 aromatic carbocycles. The number of rotatable bonds is 7. The number of hydrogen-bond acceptors (Lipinski definition) is 5. The Hall–Kier alpha value is -2.70. The van der Waals surface area contributed by atoms with Crippen LogP contribution in [0.4, 0.5) is 5.82 Å². The summed E-state index contributed by atoms with van der Waals surface area (Å²) in [5.41, 5.74) is 1.68. The van der Waals surface area contributed by atoms with Gasteiger partial charge in [-0.2, -0.15) is 0 Å². The minimum atomic E-state index is 0.000288. The Labute approximate surface area is 160 Å². The Morgan fingerprint density at radius 3 is 2.52 bits per heavy atom. The number of carbonyl (C=O) groups is 1. The topological polar surface area (TPSA) is 107 Å². The quantitative estimate of drug-likeness (QED) is 0.342. The molecule has 0 unspecified atom stereocenters. The van der Waals surface area contributed by atoms with E-state index in [0.29, 0.717) is 25.3 Å². The molecule has 7 heteroatoms. The van der Waals surface area contributed by atoms with E-state index >= 15 is 0 Å². The third-order valence-electron chi connectivity index (χ3n) is 4.05. The molecule has 7 nitrogen and oxygen atoms in total. The van der Waals surface area contributed by atoms with Crippen molar-refractivity contribution >= 4 is 28.6 Å². The fraction of sp³-hybridized carbons (Fsp3) is 0.500. The second-order valence-corrected chi connectivity index (χ2v) is 7.94. The molecule has 1 heterocycles. The number of amides is 1. The first kappa shape index (κ1) is 20.6. The summed E-state index contributed by atoms with van der Waals surface area (Å²) < 4.78 is 1.58. The van der Waals surface area contributed by atoms with Crippen LogP contribution >= 0.6 is 0 Å². The molecule has 0 aliphatic heterocycles. The molecule has 0 spiro atoms. The summed E-state index contributed by atoms with van der Waals surface area (Å²) in [4.78, 5) is 16.3. The molecule has 146 valence electrons.